The van der Waals surface area contributed by atoms with E-state index in [1.807, 2.05) is 32.0 Å². The minimum absolute atomic E-state index is 0.184. The number of hydrogen-bond donors (Lipinski definition) is 1. The summed E-state index contributed by atoms with van der Waals surface area (Å²) in [7, 11) is 0. The van der Waals surface area contributed by atoms with Crippen LogP contribution in [0.3, 0.4) is 0 Å². The summed E-state index contributed by atoms with van der Waals surface area (Å²) in [5, 5.41) is 2.36. The summed E-state index contributed by atoms with van der Waals surface area (Å²) >= 11 is 3.38. The summed E-state index contributed by atoms with van der Waals surface area (Å²) in [5.74, 6) is -0.392. The predicted octanol–water partition coefficient (Wildman–Crippen LogP) is 2.45. The lowest BCUT2D eigenvalue weighted by molar-refractivity contribution is -0.123. The quantitative estimate of drug-likeness (QED) is 0.865. The standard InChI is InChI=1S/C12H13BrN2O2/c1-7-5-9(13)3-4-10(7)15-6-8(2)11(16)14-12(15)17/h3-5,8H,6H2,1-2H3,(H,14,16,17). The number of aryl methyl sites for hydroxylation is 1. The molecular formula is C12H13BrN2O2. The highest BCUT2D eigenvalue weighted by molar-refractivity contribution is 9.10. The largest absolute Gasteiger partial charge is 0.328 e. The van der Waals surface area contributed by atoms with Crippen LogP contribution in [0, 0.1) is 12.8 Å². The van der Waals surface area contributed by atoms with Crippen LogP contribution in [0.5, 0.6) is 0 Å². The predicted molar refractivity (Wildman–Crippen MR) is 68.9 cm³/mol. The summed E-state index contributed by atoms with van der Waals surface area (Å²) in [6.45, 7) is 4.17. The van der Waals surface area contributed by atoms with Crippen LogP contribution in [0.4, 0.5) is 10.5 Å². The topological polar surface area (TPSA) is 49.4 Å². The van der Waals surface area contributed by atoms with Crippen molar-refractivity contribution in [3.8, 4) is 0 Å². The van der Waals surface area contributed by atoms with Gasteiger partial charge in [0.25, 0.3) is 0 Å². The number of rotatable bonds is 1. The van der Waals surface area contributed by atoms with Crippen molar-refractivity contribution < 1.29 is 9.59 Å². The van der Waals surface area contributed by atoms with E-state index < -0.39 is 0 Å². The number of nitrogens with zero attached hydrogens (tertiary/aromatic N) is 1. The number of anilines is 1. The third kappa shape index (κ3) is 2.34. The molecular weight excluding hydrogens is 284 g/mol. The second-order valence-electron chi connectivity index (χ2n) is 4.24. The maximum Gasteiger partial charge on any atom is 0.328 e. The third-order valence-corrected chi connectivity index (χ3v) is 3.32. The van der Waals surface area contributed by atoms with Crippen LogP contribution >= 0.6 is 15.9 Å². The number of carbonyl (C=O) groups is 2. The second kappa shape index (κ2) is 4.49. The molecule has 0 bridgehead atoms. The monoisotopic (exact) mass is 296 g/mol. The maximum absolute atomic E-state index is 11.8. The third-order valence-electron chi connectivity index (χ3n) is 2.83. The molecule has 0 saturated carbocycles. The van der Waals surface area contributed by atoms with E-state index in [-0.39, 0.29) is 17.9 Å². The fraction of sp³-hybridized carbons (Fsp3) is 0.333. The van der Waals surface area contributed by atoms with Crippen LogP contribution in [0.2, 0.25) is 0 Å². The lowest BCUT2D eigenvalue weighted by atomic mass is 10.1. The Kier molecular flexibility index (Phi) is 3.19. The number of urea groups is 1. The Bertz CT molecular complexity index is 487. The molecule has 17 heavy (non-hydrogen) atoms. The van der Waals surface area contributed by atoms with Crippen molar-refractivity contribution in [2.24, 2.45) is 5.92 Å². The van der Waals surface area contributed by atoms with Gasteiger partial charge in [0.1, 0.15) is 0 Å². The van der Waals surface area contributed by atoms with E-state index in [9.17, 15) is 9.59 Å². The summed E-state index contributed by atoms with van der Waals surface area (Å²) < 4.78 is 0.972. The average molecular weight is 297 g/mol. The molecule has 1 saturated heterocycles. The van der Waals surface area contributed by atoms with E-state index in [0.29, 0.717) is 6.54 Å². The second-order valence-corrected chi connectivity index (χ2v) is 5.15. The summed E-state index contributed by atoms with van der Waals surface area (Å²) in [6.07, 6.45) is 0. The van der Waals surface area contributed by atoms with Crippen molar-refractivity contribution >= 4 is 33.6 Å². The van der Waals surface area contributed by atoms with Gasteiger partial charge in [-0.15, -0.1) is 0 Å². The van der Waals surface area contributed by atoms with Gasteiger partial charge in [0.15, 0.2) is 0 Å². The lowest BCUT2D eigenvalue weighted by Gasteiger charge is -2.31. The molecule has 1 aromatic rings. The smallest absolute Gasteiger partial charge is 0.293 e. The molecule has 0 radical (unpaired) electrons. The molecule has 1 heterocycles. The van der Waals surface area contributed by atoms with Crippen molar-refractivity contribution in [1.29, 1.82) is 0 Å². The zero-order valence-corrected chi connectivity index (χ0v) is 11.2. The Morgan fingerprint density at radius 3 is 2.76 bits per heavy atom. The van der Waals surface area contributed by atoms with E-state index in [2.05, 4.69) is 21.2 Å². The molecule has 1 aliphatic heterocycles. The fourth-order valence-electron chi connectivity index (χ4n) is 1.87. The molecule has 90 valence electrons. The lowest BCUT2D eigenvalue weighted by Crippen LogP contribution is -2.54. The van der Waals surface area contributed by atoms with Gasteiger partial charge >= 0.3 is 6.03 Å². The van der Waals surface area contributed by atoms with Crippen molar-refractivity contribution in [2.45, 2.75) is 13.8 Å². The van der Waals surface area contributed by atoms with E-state index in [1.54, 1.807) is 4.90 Å². The van der Waals surface area contributed by atoms with Crippen molar-refractivity contribution in [3.63, 3.8) is 0 Å². The number of benzene rings is 1. The van der Waals surface area contributed by atoms with Gasteiger partial charge in [-0.3, -0.25) is 15.0 Å². The van der Waals surface area contributed by atoms with Gasteiger partial charge in [0.05, 0.1) is 5.92 Å². The van der Waals surface area contributed by atoms with E-state index in [0.717, 1.165) is 15.7 Å². The van der Waals surface area contributed by atoms with Crippen LogP contribution < -0.4 is 10.2 Å². The summed E-state index contributed by atoms with van der Waals surface area (Å²) in [5.41, 5.74) is 1.83. The normalized spacial score (nSPS) is 20.4. The Morgan fingerprint density at radius 1 is 1.41 bits per heavy atom. The number of halogens is 1. The van der Waals surface area contributed by atoms with Gasteiger partial charge in [-0.25, -0.2) is 4.79 Å². The minimum atomic E-state index is -0.349. The molecule has 1 fully saturated rings. The molecule has 1 aliphatic rings. The van der Waals surface area contributed by atoms with Gasteiger partial charge in [-0.1, -0.05) is 22.9 Å². The highest BCUT2D eigenvalue weighted by Gasteiger charge is 2.30. The van der Waals surface area contributed by atoms with E-state index in [1.165, 1.54) is 0 Å². The molecule has 1 unspecified atom stereocenters. The molecule has 3 amide bonds. The van der Waals surface area contributed by atoms with Gasteiger partial charge in [0, 0.05) is 16.7 Å². The molecule has 4 nitrogen and oxygen atoms in total. The molecule has 2 rings (SSSR count). The van der Waals surface area contributed by atoms with Crippen LogP contribution in [0.15, 0.2) is 22.7 Å². The highest BCUT2D eigenvalue weighted by Crippen LogP contribution is 2.26. The first-order valence-corrected chi connectivity index (χ1v) is 6.17. The first kappa shape index (κ1) is 12.1. The number of carbonyl (C=O) groups excluding carboxylic acids is 2. The summed E-state index contributed by atoms with van der Waals surface area (Å²) in [4.78, 5) is 24.7. The van der Waals surface area contributed by atoms with E-state index in [4.69, 9.17) is 0 Å². The molecule has 1 atom stereocenters. The Hall–Kier alpha value is -1.36. The molecule has 0 aliphatic carbocycles. The minimum Gasteiger partial charge on any atom is -0.293 e. The van der Waals surface area contributed by atoms with E-state index >= 15 is 0 Å². The summed E-state index contributed by atoms with van der Waals surface area (Å²) in [6, 6.07) is 5.36. The molecule has 0 aromatic heterocycles. The van der Waals surface area contributed by atoms with Crippen LogP contribution in [-0.4, -0.2) is 18.5 Å². The molecule has 0 spiro atoms. The number of nitrogens with one attached hydrogen (secondary N) is 1. The first-order valence-electron chi connectivity index (χ1n) is 5.37. The Labute approximate surface area is 108 Å². The SMILES string of the molecule is Cc1cc(Br)ccc1N1CC(C)C(=O)NC1=O. The van der Waals surface area contributed by atoms with Crippen molar-refractivity contribution in [3.05, 3.63) is 28.2 Å². The van der Waals surface area contributed by atoms with Crippen LogP contribution in [0.1, 0.15) is 12.5 Å². The highest BCUT2D eigenvalue weighted by atomic mass is 79.9. The van der Waals surface area contributed by atoms with Crippen LogP contribution in [-0.2, 0) is 4.79 Å². The zero-order valence-electron chi connectivity index (χ0n) is 9.66. The Morgan fingerprint density at radius 2 is 2.12 bits per heavy atom. The van der Waals surface area contributed by atoms with Gasteiger partial charge in [0.2, 0.25) is 5.91 Å². The average Bonchev–Trinajstić information content (AvgIpc) is 2.24. The Balaban J connectivity index is 2.33. The first-order chi connectivity index (χ1) is 7.99. The van der Waals surface area contributed by atoms with Gasteiger partial charge in [-0.05, 0) is 30.7 Å². The molecule has 1 aromatic carbocycles. The number of hydrogen-bond acceptors (Lipinski definition) is 2. The number of amides is 3. The van der Waals surface area contributed by atoms with Gasteiger partial charge in [-0.2, -0.15) is 0 Å². The van der Waals surface area contributed by atoms with Gasteiger partial charge < -0.3 is 0 Å². The molecule has 1 N–H and O–H groups in total. The zero-order chi connectivity index (χ0) is 12.6. The van der Waals surface area contributed by atoms with Crippen molar-refractivity contribution in [2.75, 3.05) is 11.4 Å². The maximum atomic E-state index is 11.8. The van der Waals surface area contributed by atoms with Crippen LogP contribution in [0.25, 0.3) is 0 Å². The van der Waals surface area contributed by atoms with Crippen molar-refractivity contribution in [1.82, 2.24) is 5.32 Å². The fourth-order valence-corrected chi connectivity index (χ4v) is 2.34. The molecule has 5 heteroatoms. The number of imide groups is 1.